The number of ether oxygens (including phenoxy) is 1. The summed E-state index contributed by atoms with van der Waals surface area (Å²) in [5.74, 6) is 0.255. The van der Waals surface area contributed by atoms with Gasteiger partial charge >= 0.3 is 0 Å². The minimum atomic E-state index is -0.285. The van der Waals surface area contributed by atoms with Gasteiger partial charge in [-0.3, -0.25) is 4.79 Å². The van der Waals surface area contributed by atoms with Gasteiger partial charge in [0.15, 0.2) is 0 Å². The van der Waals surface area contributed by atoms with Gasteiger partial charge in [-0.05, 0) is 33.6 Å². The summed E-state index contributed by atoms with van der Waals surface area (Å²) < 4.78 is 5.86. The van der Waals surface area contributed by atoms with Crippen LogP contribution in [-0.2, 0) is 9.53 Å². The Hall–Kier alpha value is -0.610. The highest BCUT2D eigenvalue weighted by molar-refractivity contribution is 5.83. The maximum Gasteiger partial charge on any atom is 0.230 e. The van der Waals surface area contributed by atoms with Crippen LogP contribution in [0.25, 0.3) is 0 Å². The van der Waals surface area contributed by atoms with Gasteiger partial charge in [-0.2, -0.15) is 0 Å². The number of hydrogen-bond acceptors (Lipinski definition) is 3. The van der Waals surface area contributed by atoms with Gasteiger partial charge in [-0.25, -0.2) is 0 Å². The Morgan fingerprint density at radius 2 is 2.00 bits per heavy atom. The summed E-state index contributed by atoms with van der Waals surface area (Å²) in [5, 5.41) is 0. The van der Waals surface area contributed by atoms with Crippen molar-refractivity contribution in [3.8, 4) is 0 Å². The van der Waals surface area contributed by atoms with Crippen molar-refractivity contribution in [3.63, 3.8) is 0 Å². The minimum Gasteiger partial charge on any atom is -0.369 e. The summed E-state index contributed by atoms with van der Waals surface area (Å²) in [6, 6.07) is 0. The van der Waals surface area contributed by atoms with Crippen LogP contribution in [0, 0.1) is 5.41 Å². The Bertz CT molecular complexity index is 322. The molecule has 0 aromatic carbocycles. The first-order valence-electron chi connectivity index (χ1n) is 7.06. The van der Waals surface area contributed by atoms with Crippen molar-refractivity contribution in [1.82, 2.24) is 4.90 Å². The Morgan fingerprint density at radius 3 is 2.50 bits per heavy atom. The number of carbonyl (C=O) groups excluding carboxylic acids is 1. The van der Waals surface area contributed by atoms with Crippen LogP contribution in [-0.4, -0.2) is 42.1 Å². The normalized spacial score (nSPS) is 30.4. The fraction of sp³-hybridized carbons (Fsp3) is 0.929. The Kier molecular flexibility index (Phi) is 3.70. The van der Waals surface area contributed by atoms with Gasteiger partial charge in [0, 0.05) is 19.6 Å². The zero-order valence-corrected chi connectivity index (χ0v) is 11.9. The van der Waals surface area contributed by atoms with E-state index in [2.05, 4.69) is 0 Å². The van der Waals surface area contributed by atoms with Crippen molar-refractivity contribution in [3.05, 3.63) is 0 Å². The van der Waals surface area contributed by atoms with Crippen molar-refractivity contribution < 1.29 is 9.53 Å². The Balaban J connectivity index is 2.12. The third-order valence-corrected chi connectivity index (χ3v) is 4.26. The molecule has 2 N–H and O–H groups in total. The van der Waals surface area contributed by atoms with E-state index in [0.717, 1.165) is 25.7 Å². The third-order valence-electron chi connectivity index (χ3n) is 4.26. The van der Waals surface area contributed by atoms with Crippen molar-refractivity contribution in [1.29, 1.82) is 0 Å². The van der Waals surface area contributed by atoms with E-state index in [1.807, 2.05) is 25.7 Å². The van der Waals surface area contributed by atoms with Crippen LogP contribution in [0.2, 0.25) is 0 Å². The Labute approximate surface area is 110 Å². The molecule has 2 fully saturated rings. The van der Waals surface area contributed by atoms with E-state index in [-0.39, 0.29) is 23.0 Å². The maximum absolute atomic E-state index is 12.8. The van der Waals surface area contributed by atoms with E-state index in [4.69, 9.17) is 10.5 Å². The van der Waals surface area contributed by atoms with E-state index in [0.29, 0.717) is 19.6 Å². The van der Waals surface area contributed by atoms with Gasteiger partial charge in [0.05, 0.1) is 17.1 Å². The highest BCUT2D eigenvalue weighted by Gasteiger charge is 2.45. The van der Waals surface area contributed by atoms with Crippen LogP contribution < -0.4 is 5.73 Å². The fourth-order valence-corrected chi connectivity index (χ4v) is 3.50. The molecular formula is C14H26N2O2. The van der Waals surface area contributed by atoms with Crippen molar-refractivity contribution >= 4 is 5.91 Å². The van der Waals surface area contributed by atoms with Crippen LogP contribution >= 0.6 is 0 Å². The molecule has 4 nitrogen and oxygen atoms in total. The molecule has 1 aliphatic heterocycles. The molecule has 1 saturated carbocycles. The molecule has 0 aromatic rings. The van der Waals surface area contributed by atoms with Crippen molar-refractivity contribution in [2.24, 2.45) is 11.1 Å². The van der Waals surface area contributed by atoms with E-state index in [1.165, 1.54) is 0 Å². The van der Waals surface area contributed by atoms with Gasteiger partial charge in [-0.15, -0.1) is 0 Å². The first-order chi connectivity index (χ1) is 8.38. The van der Waals surface area contributed by atoms with E-state index >= 15 is 0 Å². The largest absolute Gasteiger partial charge is 0.369 e. The molecule has 2 rings (SSSR count). The molecule has 104 valence electrons. The van der Waals surface area contributed by atoms with Gasteiger partial charge in [0.25, 0.3) is 0 Å². The number of carbonyl (C=O) groups is 1. The summed E-state index contributed by atoms with van der Waals surface area (Å²) >= 11 is 0. The quantitative estimate of drug-likeness (QED) is 0.813. The number of rotatable bonds is 2. The molecule has 1 aliphatic carbocycles. The molecule has 0 aromatic heterocycles. The lowest BCUT2D eigenvalue weighted by molar-refractivity contribution is -0.166. The smallest absolute Gasteiger partial charge is 0.230 e. The predicted molar refractivity (Wildman–Crippen MR) is 71.2 cm³/mol. The lowest BCUT2D eigenvalue weighted by Gasteiger charge is -2.44. The molecule has 0 spiro atoms. The van der Waals surface area contributed by atoms with Gasteiger partial charge < -0.3 is 15.4 Å². The van der Waals surface area contributed by atoms with Crippen LogP contribution in [0.1, 0.15) is 46.5 Å². The lowest BCUT2D eigenvalue weighted by atomic mass is 9.84. The number of amides is 1. The highest BCUT2D eigenvalue weighted by atomic mass is 16.5. The second kappa shape index (κ2) is 4.82. The number of nitrogens with two attached hydrogens (primary N) is 1. The number of nitrogens with zero attached hydrogens (tertiary/aromatic N) is 1. The molecule has 18 heavy (non-hydrogen) atoms. The third kappa shape index (κ3) is 2.54. The molecule has 4 heteroatoms. The summed E-state index contributed by atoms with van der Waals surface area (Å²) in [5.41, 5.74) is 5.37. The summed E-state index contributed by atoms with van der Waals surface area (Å²) in [4.78, 5) is 14.8. The average Bonchev–Trinajstić information content (AvgIpc) is 2.75. The maximum atomic E-state index is 12.8. The second-order valence-electron chi connectivity index (χ2n) is 6.57. The molecule has 1 atom stereocenters. The van der Waals surface area contributed by atoms with E-state index in [9.17, 15) is 4.79 Å². The summed E-state index contributed by atoms with van der Waals surface area (Å²) in [6.07, 6.45) is 4.27. The standard InChI is InChI=1S/C14H26N2O2/c1-11-8-16(10-13(2,3)18-11)12(17)14(9-15)6-4-5-7-14/h11H,4-10,15H2,1-3H3. The SMILES string of the molecule is CC1CN(C(=O)C2(CN)CCCC2)CC(C)(C)O1. The van der Waals surface area contributed by atoms with Crippen LogP contribution in [0.5, 0.6) is 0 Å². The zero-order chi connectivity index (χ0) is 13.4. The zero-order valence-electron chi connectivity index (χ0n) is 11.9. The highest BCUT2D eigenvalue weighted by Crippen LogP contribution is 2.39. The molecule has 1 unspecified atom stereocenters. The Morgan fingerprint density at radius 1 is 1.39 bits per heavy atom. The van der Waals surface area contributed by atoms with Crippen LogP contribution in [0.4, 0.5) is 0 Å². The first-order valence-corrected chi connectivity index (χ1v) is 7.06. The molecule has 1 heterocycles. The minimum absolute atomic E-state index is 0.105. The molecular weight excluding hydrogens is 228 g/mol. The van der Waals surface area contributed by atoms with Crippen molar-refractivity contribution in [2.75, 3.05) is 19.6 Å². The van der Waals surface area contributed by atoms with E-state index in [1.54, 1.807) is 0 Å². The summed E-state index contributed by atoms with van der Waals surface area (Å²) in [6.45, 7) is 7.99. The monoisotopic (exact) mass is 254 g/mol. The van der Waals surface area contributed by atoms with Gasteiger partial charge in [0.1, 0.15) is 0 Å². The fourth-order valence-electron chi connectivity index (χ4n) is 3.50. The second-order valence-corrected chi connectivity index (χ2v) is 6.57. The first kappa shape index (κ1) is 13.8. The summed E-state index contributed by atoms with van der Waals surface area (Å²) in [7, 11) is 0. The molecule has 0 bridgehead atoms. The molecule has 1 amide bonds. The van der Waals surface area contributed by atoms with E-state index < -0.39 is 0 Å². The van der Waals surface area contributed by atoms with Gasteiger partial charge in [-0.1, -0.05) is 12.8 Å². The van der Waals surface area contributed by atoms with Crippen LogP contribution in [0.3, 0.4) is 0 Å². The number of morpholine rings is 1. The predicted octanol–water partition coefficient (Wildman–Crippen LogP) is 1.53. The lowest BCUT2D eigenvalue weighted by Crippen LogP contribution is -2.58. The molecule has 2 aliphatic rings. The molecule has 1 saturated heterocycles. The molecule has 0 radical (unpaired) electrons. The number of hydrogen-bond donors (Lipinski definition) is 1. The topological polar surface area (TPSA) is 55.6 Å². The van der Waals surface area contributed by atoms with Crippen molar-refractivity contribution in [2.45, 2.75) is 58.2 Å². The van der Waals surface area contributed by atoms with Crippen LogP contribution in [0.15, 0.2) is 0 Å². The van der Waals surface area contributed by atoms with Gasteiger partial charge in [0.2, 0.25) is 5.91 Å². The average molecular weight is 254 g/mol.